The maximum absolute atomic E-state index is 13.2. The van der Waals surface area contributed by atoms with Gasteiger partial charge in [0.25, 0.3) is 5.56 Å². The Hall–Kier alpha value is -3.16. The van der Waals surface area contributed by atoms with Gasteiger partial charge in [-0.25, -0.2) is 9.36 Å². The fourth-order valence-corrected chi connectivity index (χ4v) is 4.26. The van der Waals surface area contributed by atoms with Gasteiger partial charge >= 0.3 is 13.5 Å². The Balaban J connectivity index is 1.62. The number of ether oxygens (including phenoxy) is 2. The number of phosphoric ester groups is 1. The highest BCUT2D eigenvalue weighted by atomic mass is 31.2. The summed E-state index contributed by atoms with van der Waals surface area (Å²) in [7, 11) is -3.30. The molecule has 0 aliphatic carbocycles. The van der Waals surface area contributed by atoms with Crippen molar-refractivity contribution >= 4 is 7.82 Å². The Morgan fingerprint density at radius 2 is 1.86 bits per heavy atom. The molecule has 3 aromatic rings. The number of hydrogen-bond donors (Lipinski definition) is 4. The van der Waals surface area contributed by atoms with Crippen molar-refractivity contribution in [3.05, 3.63) is 81.4 Å². The molecule has 0 bridgehead atoms. The van der Waals surface area contributed by atoms with Gasteiger partial charge in [-0.15, -0.1) is 0 Å². The Bertz CT molecular complexity index is 1400. The lowest BCUT2D eigenvalue weighted by atomic mass is 10.0. The Morgan fingerprint density at radius 3 is 2.58 bits per heavy atom. The highest BCUT2D eigenvalue weighted by Gasteiger charge is 2.45. The number of nitrogens with zero attached hydrogens (tertiary/aromatic N) is 3. The molecular weight excluding hydrogens is 497 g/mol. The number of aliphatic hydroxyl groups is 2. The summed E-state index contributed by atoms with van der Waals surface area (Å²) in [6, 6.07) is 11.9. The number of rotatable bonds is 8. The summed E-state index contributed by atoms with van der Waals surface area (Å²) in [6.07, 6.45) is -3.36. The summed E-state index contributed by atoms with van der Waals surface area (Å²) in [5, 5.41) is 20.6. The van der Waals surface area contributed by atoms with Crippen molar-refractivity contribution in [3.8, 4) is 16.9 Å². The van der Waals surface area contributed by atoms with Crippen molar-refractivity contribution in [1.29, 1.82) is 0 Å². The number of aliphatic hydroxyl groups excluding tert-OH is 2. The largest absolute Gasteiger partial charge is 0.496 e. The van der Waals surface area contributed by atoms with Gasteiger partial charge in [0, 0.05) is 24.0 Å². The Morgan fingerprint density at radius 1 is 1.11 bits per heavy atom. The van der Waals surface area contributed by atoms with Gasteiger partial charge in [-0.1, -0.05) is 18.2 Å². The first kappa shape index (κ1) is 25.9. The second-order valence-electron chi connectivity index (χ2n) is 8.00. The summed E-state index contributed by atoms with van der Waals surface area (Å²) in [4.78, 5) is 47.7. The number of methoxy groups -OCH3 is 1. The number of benzene rings is 1. The molecule has 4 N–H and O–H groups in total. The maximum atomic E-state index is 13.2. The molecule has 1 aliphatic rings. The van der Waals surface area contributed by atoms with E-state index in [4.69, 9.17) is 19.3 Å². The molecule has 4 atom stereocenters. The molecule has 1 fully saturated rings. The van der Waals surface area contributed by atoms with E-state index < -0.39 is 50.2 Å². The minimum Gasteiger partial charge on any atom is -0.496 e. The molecule has 0 amide bonds. The third kappa shape index (κ3) is 5.47. The van der Waals surface area contributed by atoms with Gasteiger partial charge in [-0.05, 0) is 23.8 Å². The van der Waals surface area contributed by atoms with Gasteiger partial charge in [0.1, 0.15) is 24.1 Å². The smallest absolute Gasteiger partial charge is 0.469 e. The molecule has 4 rings (SSSR count). The van der Waals surface area contributed by atoms with Crippen LogP contribution in [0.15, 0.2) is 64.4 Å². The maximum Gasteiger partial charge on any atom is 0.469 e. The fourth-order valence-electron chi connectivity index (χ4n) is 3.92. The van der Waals surface area contributed by atoms with E-state index in [-0.39, 0.29) is 6.54 Å². The van der Waals surface area contributed by atoms with Crippen LogP contribution in [0.3, 0.4) is 0 Å². The molecule has 0 saturated carbocycles. The van der Waals surface area contributed by atoms with Gasteiger partial charge in [-0.2, -0.15) is 0 Å². The Kier molecular flexibility index (Phi) is 7.52. The SMILES string of the molecule is COc1ccccc1-c1ccnc(Cn2c(=O)ccn([C@@H]3O[C@H](COP(=O)(O)O)C(O)C3O)c2=O)c1. The summed E-state index contributed by atoms with van der Waals surface area (Å²) in [6.45, 7) is -0.926. The normalized spacial score (nSPS) is 22.0. The quantitative estimate of drug-likeness (QED) is 0.289. The molecule has 2 unspecified atom stereocenters. The topological polar surface area (TPSA) is 183 Å². The van der Waals surface area contributed by atoms with E-state index in [1.807, 2.05) is 18.2 Å². The molecule has 1 saturated heterocycles. The molecule has 3 heterocycles. The van der Waals surface area contributed by atoms with Crippen LogP contribution >= 0.6 is 7.82 Å². The zero-order valence-electron chi connectivity index (χ0n) is 18.9. The number of phosphoric acid groups is 1. The minimum atomic E-state index is -4.85. The molecule has 192 valence electrons. The van der Waals surface area contributed by atoms with Gasteiger partial charge in [0.2, 0.25) is 0 Å². The number of pyridine rings is 1. The lowest BCUT2D eigenvalue weighted by Crippen LogP contribution is -2.43. The number of hydrogen-bond acceptors (Lipinski definition) is 9. The van der Waals surface area contributed by atoms with Gasteiger partial charge < -0.3 is 29.5 Å². The average molecular weight is 521 g/mol. The zero-order valence-corrected chi connectivity index (χ0v) is 19.8. The summed E-state index contributed by atoms with van der Waals surface area (Å²) in [5.74, 6) is 0.636. The average Bonchev–Trinajstić information content (AvgIpc) is 3.13. The van der Waals surface area contributed by atoms with Crippen molar-refractivity contribution in [2.45, 2.75) is 31.1 Å². The van der Waals surface area contributed by atoms with Gasteiger partial charge in [0.15, 0.2) is 6.23 Å². The first-order chi connectivity index (χ1) is 17.1. The Labute approximate surface area is 204 Å². The van der Waals surface area contributed by atoms with Crippen molar-refractivity contribution in [2.75, 3.05) is 13.7 Å². The predicted molar refractivity (Wildman–Crippen MR) is 124 cm³/mol. The highest BCUT2D eigenvalue weighted by Crippen LogP contribution is 2.38. The van der Waals surface area contributed by atoms with Crippen LogP contribution in [0.25, 0.3) is 11.1 Å². The molecule has 13 nitrogen and oxygen atoms in total. The van der Waals surface area contributed by atoms with Crippen LogP contribution in [0.5, 0.6) is 5.75 Å². The van der Waals surface area contributed by atoms with Crippen LogP contribution in [0.2, 0.25) is 0 Å². The van der Waals surface area contributed by atoms with Gasteiger partial charge in [0.05, 0.1) is 26.0 Å². The minimum absolute atomic E-state index is 0.197. The van der Waals surface area contributed by atoms with Crippen molar-refractivity contribution < 1.29 is 38.6 Å². The zero-order chi connectivity index (χ0) is 26.0. The van der Waals surface area contributed by atoms with Crippen molar-refractivity contribution in [2.24, 2.45) is 0 Å². The van der Waals surface area contributed by atoms with Crippen LogP contribution in [-0.4, -0.2) is 66.1 Å². The predicted octanol–water partition coefficient (Wildman–Crippen LogP) is -0.143. The van der Waals surface area contributed by atoms with E-state index in [1.165, 1.54) is 6.20 Å². The van der Waals surface area contributed by atoms with Crippen molar-refractivity contribution in [3.63, 3.8) is 0 Å². The molecule has 0 radical (unpaired) electrons. The molecule has 36 heavy (non-hydrogen) atoms. The van der Waals surface area contributed by atoms with Crippen LogP contribution in [0, 0.1) is 0 Å². The first-order valence-corrected chi connectivity index (χ1v) is 12.2. The first-order valence-electron chi connectivity index (χ1n) is 10.7. The molecule has 1 aromatic carbocycles. The molecular formula is C22H24N3O10P. The van der Waals surface area contributed by atoms with Crippen LogP contribution in [0.4, 0.5) is 0 Å². The number of para-hydroxylation sites is 1. The molecule has 14 heteroatoms. The van der Waals surface area contributed by atoms with E-state index in [0.717, 1.165) is 32.5 Å². The van der Waals surface area contributed by atoms with Crippen molar-refractivity contribution in [1.82, 2.24) is 14.1 Å². The third-order valence-corrected chi connectivity index (χ3v) is 6.15. The van der Waals surface area contributed by atoms with Gasteiger partial charge in [-0.3, -0.25) is 23.4 Å². The molecule has 0 spiro atoms. The van der Waals surface area contributed by atoms with Crippen LogP contribution < -0.4 is 16.0 Å². The third-order valence-electron chi connectivity index (χ3n) is 5.67. The van der Waals surface area contributed by atoms with Crippen LogP contribution in [0.1, 0.15) is 11.9 Å². The highest BCUT2D eigenvalue weighted by molar-refractivity contribution is 7.46. The van der Waals surface area contributed by atoms with E-state index >= 15 is 0 Å². The lowest BCUT2D eigenvalue weighted by molar-refractivity contribution is -0.0548. The van der Waals surface area contributed by atoms with E-state index in [9.17, 15) is 24.4 Å². The molecule has 1 aliphatic heterocycles. The van der Waals surface area contributed by atoms with Crippen LogP contribution in [-0.2, 0) is 20.4 Å². The molecule has 2 aromatic heterocycles. The summed E-state index contributed by atoms with van der Waals surface area (Å²) in [5.41, 5.74) is 0.472. The fraction of sp³-hybridized carbons (Fsp3) is 0.318. The lowest BCUT2D eigenvalue weighted by Gasteiger charge is -2.19. The summed E-state index contributed by atoms with van der Waals surface area (Å²) < 4.78 is 27.9. The van der Waals surface area contributed by atoms with E-state index in [0.29, 0.717) is 11.4 Å². The second kappa shape index (κ2) is 10.4. The monoisotopic (exact) mass is 521 g/mol. The van der Waals surface area contributed by atoms with E-state index in [1.54, 1.807) is 25.3 Å². The standard InChI is InChI=1S/C22H24N3O10P/c1-33-16-5-3-2-4-15(16)13-6-8-23-14(10-13)11-25-18(26)7-9-24(22(25)29)21-20(28)19(27)17(35-21)12-34-36(30,31)32/h2-10,17,19-21,27-28H,11-12H2,1H3,(H2,30,31,32)/t17-,19?,20?,21-/m1/s1. The number of aromatic nitrogens is 3. The summed E-state index contributed by atoms with van der Waals surface area (Å²) >= 11 is 0. The second-order valence-corrected chi connectivity index (χ2v) is 9.24. The van der Waals surface area contributed by atoms with E-state index in [2.05, 4.69) is 9.51 Å².